The first-order chi connectivity index (χ1) is 8.25. The van der Waals surface area contributed by atoms with E-state index >= 15 is 0 Å². The predicted molar refractivity (Wildman–Crippen MR) is 64.1 cm³/mol. The largest absolute Gasteiger partial charge is 0.481 e. The molecule has 0 spiro atoms. The molecule has 0 aliphatic carbocycles. The first-order valence-corrected chi connectivity index (χ1v) is 6.03. The van der Waals surface area contributed by atoms with Crippen LogP contribution in [0.5, 0.6) is 0 Å². The lowest BCUT2D eigenvalue weighted by molar-refractivity contribution is -0.137. The molecule has 92 valence electrons. The summed E-state index contributed by atoms with van der Waals surface area (Å²) in [5, 5.41) is 8.54. The van der Waals surface area contributed by atoms with Gasteiger partial charge in [-0.2, -0.15) is 0 Å². The van der Waals surface area contributed by atoms with Gasteiger partial charge in [0, 0.05) is 31.9 Å². The summed E-state index contributed by atoms with van der Waals surface area (Å²) in [7, 11) is 0. The molecule has 0 amide bonds. The lowest BCUT2D eigenvalue weighted by Gasteiger charge is -2.14. The number of carbonyl (C=O) groups is 1. The zero-order valence-corrected chi connectivity index (χ0v) is 9.80. The summed E-state index contributed by atoms with van der Waals surface area (Å²) < 4.78 is 0. The van der Waals surface area contributed by atoms with Crippen molar-refractivity contribution in [1.82, 2.24) is 9.97 Å². The summed E-state index contributed by atoms with van der Waals surface area (Å²) in [6.45, 7) is 2.08. The summed E-state index contributed by atoms with van der Waals surface area (Å²) in [5.74, 6) is 0.0455. The molecule has 0 saturated carbocycles. The number of aryl methyl sites for hydroxylation is 1. The van der Waals surface area contributed by atoms with Crippen molar-refractivity contribution in [3.05, 3.63) is 18.0 Å². The third-order valence-electron chi connectivity index (χ3n) is 2.94. The Balaban J connectivity index is 1.86. The van der Waals surface area contributed by atoms with Crippen molar-refractivity contribution in [3.63, 3.8) is 0 Å². The summed E-state index contributed by atoms with van der Waals surface area (Å²) >= 11 is 0. The normalized spacial score (nSPS) is 15.2. The van der Waals surface area contributed by atoms with Crippen LogP contribution in [-0.2, 0) is 11.2 Å². The van der Waals surface area contributed by atoms with Crippen molar-refractivity contribution in [1.29, 1.82) is 0 Å². The molecule has 0 atom stereocenters. The van der Waals surface area contributed by atoms with E-state index in [1.54, 1.807) is 0 Å². The van der Waals surface area contributed by atoms with Gasteiger partial charge in [0.25, 0.3) is 0 Å². The Labute approximate surface area is 100 Å². The molecule has 2 rings (SSSR count). The van der Waals surface area contributed by atoms with E-state index in [2.05, 4.69) is 14.9 Å². The quantitative estimate of drug-likeness (QED) is 0.837. The number of nitrogens with zero attached hydrogens (tertiary/aromatic N) is 3. The number of carboxylic acids is 1. The molecule has 0 radical (unpaired) electrons. The fourth-order valence-corrected chi connectivity index (χ4v) is 2.00. The van der Waals surface area contributed by atoms with Crippen molar-refractivity contribution >= 4 is 11.9 Å². The maximum atomic E-state index is 10.4. The highest BCUT2D eigenvalue weighted by molar-refractivity contribution is 5.66. The van der Waals surface area contributed by atoms with Gasteiger partial charge in [-0.1, -0.05) is 0 Å². The minimum absolute atomic E-state index is 0.202. The molecular weight excluding hydrogens is 218 g/mol. The lowest BCUT2D eigenvalue weighted by atomic mass is 10.1. The summed E-state index contributed by atoms with van der Waals surface area (Å²) in [5.41, 5.74) is 1.01. The van der Waals surface area contributed by atoms with E-state index in [4.69, 9.17) is 5.11 Å². The van der Waals surface area contributed by atoms with Crippen LogP contribution < -0.4 is 4.90 Å². The molecule has 1 aromatic heterocycles. The van der Waals surface area contributed by atoms with E-state index in [1.165, 1.54) is 12.8 Å². The number of hydrogen-bond donors (Lipinski definition) is 1. The first kappa shape index (κ1) is 11.8. The summed E-state index contributed by atoms with van der Waals surface area (Å²) in [6, 6.07) is 0. The molecule has 1 aliphatic heterocycles. The zero-order valence-electron chi connectivity index (χ0n) is 9.80. The number of aromatic nitrogens is 2. The van der Waals surface area contributed by atoms with Gasteiger partial charge in [-0.15, -0.1) is 0 Å². The van der Waals surface area contributed by atoms with Crippen molar-refractivity contribution in [2.75, 3.05) is 18.0 Å². The van der Waals surface area contributed by atoms with Gasteiger partial charge < -0.3 is 10.0 Å². The Morgan fingerprint density at radius 3 is 2.53 bits per heavy atom. The van der Waals surface area contributed by atoms with E-state index in [9.17, 15) is 4.79 Å². The Morgan fingerprint density at radius 1 is 1.29 bits per heavy atom. The SMILES string of the molecule is O=C(O)CCCc1cnc(N2CCCC2)nc1. The number of carboxylic acid groups (broad SMARTS) is 1. The Bertz CT molecular complexity index is 372. The highest BCUT2D eigenvalue weighted by atomic mass is 16.4. The van der Waals surface area contributed by atoms with Gasteiger partial charge >= 0.3 is 5.97 Å². The molecule has 1 fully saturated rings. The zero-order chi connectivity index (χ0) is 12.1. The van der Waals surface area contributed by atoms with Gasteiger partial charge in [0.1, 0.15) is 0 Å². The average molecular weight is 235 g/mol. The standard InChI is InChI=1S/C12H17N3O2/c16-11(17)5-3-4-10-8-13-12(14-9-10)15-6-1-2-7-15/h8-9H,1-7H2,(H,16,17). The van der Waals surface area contributed by atoms with E-state index in [-0.39, 0.29) is 6.42 Å². The maximum absolute atomic E-state index is 10.4. The number of hydrogen-bond acceptors (Lipinski definition) is 4. The van der Waals surface area contributed by atoms with Gasteiger partial charge in [0.15, 0.2) is 0 Å². The molecule has 0 bridgehead atoms. The van der Waals surface area contributed by atoms with E-state index in [0.717, 1.165) is 31.0 Å². The van der Waals surface area contributed by atoms with E-state index in [0.29, 0.717) is 6.42 Å². The van der Waals surface area contributed by atoms with Gasteiger partial charge in [0.2, 0.25) is 5.95 Å². The molecule has 1 N–H and O–H groups in total. The van der Waals surface area contributed by atoms with Crippen LogP contribution in [0.2, 0.25) is 0 Å². The topological polar surface area (TPSA) is 66.3 Å². The molecule has 1 saturated heterocycles. The molecule has 5 heteroatoms. The monoisotopic (exact) mass is 235 g/mol. The van der Waals surface area contributed by atoms with Gasteiger partial charge in [-0.25, -0.2) is 9.97 Å². The number of anilines is 1. The highest BCUT2D eigenvalue weighted by Gasteiger charge is 2.14. The van der Waals surface area contributed by atoms with Crippen molar-refractivity contribution in [3.8, 4) is 0 Å². The van der Waals surface area contributed by atoms with Crippen molar-refractivity contribution in [2.45, 2.75) is 32.1 Å². The maximum Gasteiger partial charge on any atom is 0.303 e. The van der Waals surface area contributed by atoms with Gasteiger partial charge in [-0.05, 0) is 31.2 Å². The number of rotatable bonds is 5. The molecule has 2 heterocycles. The van der Waals surface area contributed by atoms with Crippen LogP contribution in [0, 0.1) is 0 Å². The second-order valence-electron chi connectivity index (χ2n) is 4.33. The third kappa shape index (κ3) is 3.41. The van der Waals surface area contributed by atoms with Crippen molar-refractivity contribution in [2.24, 2.45) is 0 Å². The van der Waals surface area contributed by atoms with Crippen LogP contribution in [-0.4, -0.2) is 34.1 Å². The Hall–Kier alpha value is -1.65. The van der Waals surface area contributed by atoms with Crippen LogP contribution in [0.3, 0.4) is 0 Å². The molecule has 0 unspecified atom stereocenters. The number of aliphatic carboxylic acids is 1. The third-order valence-corrected chi connectivity index (χ3v) is 2.94. The highest BCUT2D eigenvalue weighted by Crippen LogP contribution is 2.15. The fraction of sp³-hybridized carbons (Fsp3) is 0.583. The second kappa shape index (κ2) is 5.61. The van der Waals surface area contributed by atoms with Gasteiger partial charge in [-0.3, -0.25) is 4.79 Å². The van der Waals surface area contributed by atoms with Crippen molar-refractivity contribution < 1.29 is 9.90 Å². The molecular formula is C12H17N3O2. The van der Waals surface area contributed by atoms with Crippen LogP contribution in [0.15, 0.2) is 12.4 Å². The average Bonchev–Trinajstić information content (AvgIpc) is 2.83. The molecule has 1 aliphatic rings. The Morgan fingerprint density at radius 2 is 1.94 bits per heavy atom. The van der Waals surface area contributed by atoms with Crippen LogP contribution >= 0.6 is 0 Å². The predicted octanol–water partition coefficient (Wildman–Crippen LogP) is 1.48. The minimum atomic E-state index is -0.750. The minimum Gasteiger partial charge on any atom is -0.481 e. The smallest absolute Gasteiger partial charge is 0.303 e. The van der Waals surface area contributed by atoms with Gasteiger partial charge in [0.05, 0.1) is 0 Å². The molecule has 17 heavy (non-hydrogen) atoms. The van der Waals surface area contributed by atoms with E-state index in [1.807, 2.05) is 12.4 Å². The second-order valence-corrected chi connectivity index (χ2v) is 4.33. The molecule has 1 aromatic rings. The summed E-state index contributed by atoms with van der Waals surface area (Å²) in [4.78, 5) is 21.2. The molecule has 0 aromatic carbocycles. The van der Waals surface area contributed by atoms with Crippen LogP contribution in [0.4, 0.5) is 5.95 Å². The lowest BCUT2D eigenvalue weighted by Crippen LogP contribution is -2.20. The molecule has 5 nitrogen and oxygen atoms in total. The van der Waals surface area contributed by atoms with E-state index < -0.39 is 5.97 Å². The Kier molecular flexibility index (Phi) is 3.90. The van der Waals surface area contributed by atoms with Crippen LogP contribution in [0.1, 0.15) is 31.2 Å². The summed E-state index contributed by atoms with van der Waals surface area (Å²) in [6.07, 6.45) is 7.61. The fourth-order valence-electron chi connectivity index (χ4n) is 2.00. The first-order valence-electron chi connectivity index (χ1n) is 6.03. The van der Waals surface area contributed by atoms with Crippen LogP contribution in [0.25, 0.3) is 0 Å².